The van der Waals surface area contributed by atoms with Gasteiger partial charge < -0.3 is 10.1 Å². The fraction of sp³-hybridized carbons (Fsp3) is 0.263. The number of ether oxygens (including phenoxy) is 1. The number of pyridine rings is 1. The van der Waals surface area contributed by atoms with Crippen LogP contribution in [0.2, 0.25) is 0 Å². The van der Waals surface area contributed by atoms with Gasteiger partial charge in [0.05, 0.1) is 0 Å². The molecule has 31 heavy (non-hydrogen) atoms. The Morgan fingerprint density at radius 2 is 1.81 bits per heavy atom. The van der Waals surface area contributed by atoms with Crippen molar-refractivity contribution in [2.75, 3.05) is 11.6 Å². The molecule has 2 amide bonds. The number of nitrogens with zero attached hydrogens (tertiary/aromatic N) is 3. The van der Waals surface area contributed by atoms with E-state index in [9.17, 15) is 22.0 Å². The lowest BCUT2D eigenvalue weighted by Crippen LogP contribution is -2.43. The lowest BCUT2D eigenvalue weighted by atomic mass is 10.1. The van der Waals surface area contributed by atoms with Crippen LogP contribution in [-0.2, 0) is 9.84 Å². The highest BCUT2D eigenvalue weighted by Gasteiger charge is 2.20. The normalized spacial score (nSPS) is 11.9. The number of anilines is 1. The van der Waals surface area contributed by atoms with Crippen molar-refractivity contribution in [2.24, 2.45) is 0 Å². The first-order valence-electron chi connectivity index (χ1n) is 8.92. The van der Waals surface area contributed by atoms with Gasteiger partial charge in [0, 0.05) is 29.4 Å². The van der Waals surface area contributed by atoms with E-state index in [1.807, 2.05) is 0 Å². The second-order valence-corrected chi connectivity index (χ2v) is 9.59. The maximum absolute atomic E-state index is 14.1. The van der Waals surface area contributed by atoms with E-state index in [-0.39, 0.29) is 28.4 Å². The summed E-state index contributed by atoms with van der Waals surface area (Å²) in [5.74, 6) is -2.30. The minimum Gasteiger partial charge on any atom is -0.450 e. The number of halogens is 2. The summed E-state index contributed by atoms with van der Waals surface area (Å²) in [4.78, 5) is 24.2. The first-order chi connectivity index (χ1) is 14.3. The summed E-state index contributed by atoms with van der Waals surface area (Å²) < 4.78 is 56.3. The molecule has 0 aliphatic heterocycles. The third-order valence-corrected chi connectivity index (χ3v) is 4.54. The van der Waals surface area contributed by atoms with Crippen LogP contribution in [0.25, 0.3) is 11.0 Å². The number of sulfone groups is 1. The van der Waals surface area contributed by atoms with E-state index < -0.39 is 38.2 Å². The highest BCUT2D eigenvalue weighted by atomic mass is 32.2. The van der Waals surface area contributed by atoms with Gasteiger partial charge in [-0.25, -0.2) is 32.0 Å². The minimum atomic E-state index is -3.70. The SMILES string of the molecule is CC(C)(C)NC(=O)Nc1nc2nc(S(C)(=O)=O)ncc2cc1Oc1ccc(F)cc1F. The summed E-state index contributed by atoms with van der Waals surface area (Å²) in [7, 11) is -3.70. The Bertz CT molecular complexity index is 1280. The number of fused-ring (bicyclic) bond motifs is 1. The van der Waals surface area contributed by atoms with Crippen molar-refractivity contribution in [1.29, 1.82) is 0 Å². The smallest absolute Gasteiger partial charge is 0.320 e. The molecule has 12 heteroatoms. The van der Waals surface area contributed by atoms with Gasteiger partial charge in [-0.3, -0.25) is 5.32 Å². The van der Waals surface area contributed by atoms with Crippen molar-refractivity contribution in [3.8, 4) is 11.5 Å². The zero-order chi connectivity index (χ0) is 23.0. The molecule has 0 aliphatic rings. The van der Waals surface area contributed by atoms with Crippen molar-refractivity contribution in [2.45, 2.75) is 31.5 Å². The van der Waals surface area contributed by atoms with E-state index >= 15 is 0 Å². The molecule has 164 valence electrons. The molecule has 0 saturated heterocycles. The van der Waals surface area contributed by atoms with Crippen LogP contribution in [0.1, 0.15) is 20.8 Å². The molecule has 0 spiro atoms. The predicted molar refractivity (Wildman–Crippen MR) is 109 cm³/mol. The third-order valence-electron chi connectivity index (χ3n) is 3.68. The van der Waals surface area contributed by atoms with E-state index in [1.165, 1.54) is 12.3 Å². The summed E-state index contributed by atoms with van der Waals surface area (Å²) in [6, 6.07) is 3.45. The molecule has 0 radical (unpaired) electrons. The Labute approximate surface area is 176 Å². The molecule has 9 nitrogen and oxygen atoms in total. The average molecular weight is 451 g/mol. The van der Waals surface area contributed by atoms with Crippen LogP contribution >= 0.6 is 0 Å². The zero-order valence-electron chi connectivity index (χ0n) is 17.0. The standard InChI is InChI=1S/C19H19F2N5O4S/c1-19(2,3)26-17(27)24-16-14(30-13-6-5-11(20)8-12(13)21)7-10-9-22-18(31(4,28)29)25-15(10)23-16/h5-9H,1-4H3,(H2,22,23,24,25,26,27). The van der Waals surface area contributed by atoms with Gasteiger partial charge in [-0.15, -0.1) is 0 Å². The van der Waals surface area contributed by atoms with Crippen molar-refractivity contribution in [3.05, 3.63) is 42.1 Å². The molecule has 1 aromatic carbocycles. The van der Waals surface area contributed by atoms with Gasteiger partial charge in [0.25, 0.3) is 0 Å². The fourth-order valence-electron chi connectivity index (χ4n) is 2.43. The Morgan fingerprint density at radius 3 is 2.42 bits per heavy atom. The lowest BCUT2D eigenvalue weighted by Gasteiger charge is -2.21. The molecule has 2 N–H and O–H groups in total. The monoisotopic (exact) mass is 451 g/mol. The first-order valence-corrected chi connectivity index (χ1v) is 10.8. The number of rotatable bonds is 4. The van der Waals surface area contributed by atoms with Gasteiger partial charge in [0.15, 0.2) is 28.8 Å². The Hall–Kier alpha value is -3.41. The van der Waals surface area contributed by atoms with Crippen LogP contribution < -0.4 is 15.4 Å². The minimum absolute atomic E-state index is 0.0339. The third kappa shape index (κ3) is 5.60. The Balaban J connectivity index is 2.09. The zero-order valence-corrected chi connectivity index (χ0v) is 17.8. The molecule has 3 rings (SSSR count). The van der Waals surface area contributed by atoms with Gasteiger partial charge in [-0.05, 0) is 39.0 Å². The summed E-state index contributed by atoms with van der Waals surface area (Å²) >= 11 is 0. The molecule has 0 saturated carbocycles. The van der Waals surface area contributed by atoms with E-state index in [4.69, 9.17) is 4.74 Å². The molecule has 0 atom stereocenters. The number of hydrogen-bond acceptors (Lipinski definition) is 7. The highest BCUT2D eigenvalue weighted by Crippen LogP contribution is 2.32. The first kappa shape index (κ1) is 22.3. The van der Waals surface area contributed by atoms with Crippen LogP contribution in [0.4, 0.5) is 19.4 Å². The van der Waals surface area contributed by atoms with E-state index in [1.54, 1.807) is 20.8 Å². The van der Waals surface area contributed by atoms with Crippen molar-refractivity contribution >= 4 is 32.7 Å². The number of carbonyl (C=O) groups excluding carboxylic acids is 1. The van der Waals surface area contributed by atoms with Gasteiger partial charge >= 0.3 is 6.03 Å². The molecule has 2 heterocycles. The molecule has 3 aromatic rings. The number of carbonyl (C=O) groups is 1. The lowest BCUT2D eigenvalue weighted by molar-refractivity contribution is 0.243. The molecule has 2 aromatic heterocycles. The highest BCUT2D eigenvalue weighted by molar-refractivity contribution is 7.90. The van der Waals surface area contributed by atoms with Gasteiger partial charge in [0.2, 0.25) is 15.0 Å². The Kier molecular flexibility index (Phi) is 5.77. The largest absolute Gasteiger partial charge is 0.450 e. The maximum Gasteiger partial charge on any atom is 0.320 e. The maximum atomic E-state index is 14.1. The summed E-state index contributed by atoms with van der Waals surface area (Å²) in [5.41, 5.74) is -0.607. The quantitative estimate of drug-likeness (QED) is 0.583. The van der Waals surface area contributed by atoms with Gasteiger partial charge in [-0.1, -0.05) is 0 Å². The van der Waals surface area contributed by atoms with Crippen LogP contribution in [-0.4, -0.2) is 41.2 Å². The molecule has 0 unspecified atom stereocenters. The number of urea groups is 1. The summed E-state index contributed by atoms with van der Waals surface area (Å²) in [6.45, 7) is 5.28. The van der Waals surface area contributed by atoms with Crippen LogP contribution in [0.5, 0.6) is 11.5 Å². The average Bonchev–Trinajstić information content (AvgIpc) is 2.61. The van der Waals surface area contributed by atoms with E-state index in [2.05, 4.69) is 25.6 Å². The predicted octanol–water partition coefficient (Wildman–Crippen LogP) is 3.42. The molecule has 0 fully saturated rings. The second kappa shape index (κ2) is 8.02. The summed E-state index contributed by atoms with van der Waals surface area (Å²) in [5, 5.41) is 4.96. The van der Waals surface area contributed by atoms with Crippen molar-refractivity contribution in [3.63, 3.8) is 0 Å². The van der Waals surface area contributed by atoms with Crippen molar-refractivity contribution in [1.82, 2.24) is 20.3 Å². The van der Waals surface area contributed by atoms with Crippen LogP contribution in [0.3, 0.4) is 0 Å². The van der Waals surface area contributed by atoms with Crippen LogP contribution in [0.15, 0.2) is 35.6 Å². The number of nitrogens with one attached hydrogen (secondary N) is 2. The number of aromatic nitrogens is 3. The van der Waals surface area contributed by atoms with Crippen molar-refractivity contribution < 1.29 is 26.7 Å². The fourth-order valence-corrected chi connectivity index (χ4v) is 2.93. The number of hydrogen-bond donors (Lipinski definition) is 2. The number of amides is 2. The van der Waals surface area contributed by atoms with E-state index in [0.717, 1.165) is 18.4 Å². The van der Waals surface area contributed by atoms with Crippen LogP contribution in [0, 0.1) is 11.6 Å². The molecular weight excluding hydrogens is 432 g/mol. The molecule has 0 aliphatic carbocycles. The van der Waals surface area contributed by atoms with Gasteiger partial charge in [-0.2, -0.15) is 4.98 Å². The molecule has 0 bridgehead atoms. The number of benzene rings is 1. The van der Waals surface area contributed by atoms with Gasteiger partial charge in [0.1, 0.15) is 5.82 Å². The summed E-state index contributed by atoms with van der Waals surface area (Å²) in [6.07, 6.45) is 2.15. The van der Waals surface area contributed by atoms with E-state index in [0.29, 0.717) is 6.07 Å². The second-order valence-electron chi connectivity index (χ2n) is 7.68. The topological polar surface area (TPSA) is 123 Å². The molecular formula is C19H19F2N5O4S. The Morgan fingerprint density at radius 1 is 1.10 bits per heavy atom.